The van der Waals surface area contributed by atoms with Crippen LogP contribution in [-0.4, -0.2) is 41.1 Å². The van der Waals surface area contributed by atoms with Gasteiger partial charge in [0.15, 0.2) is 0 Å². The lowest BCUT2D eigenvalue weighted by atomic mass is 9.80. The Morgan fingerprint density at radius 3 is 2.62 bits per heavy atom. The average molecular weight is 296 g/mol. The van der Waals surface area contributed by atoms with E-state index in [0.29, 0.717) is 24.9 Å². The number of nitrogens with zero attached hydrogens (tertiary/aromatic N) is 1. The summed E-state index contributed by atoms with van der Waals surface area (Å²) in [6.07, 6.45) is 3.96. The molecule has 2 unspecified atom stereocenters. The highest BCUT2D eigenvalue weighted by molar-refractivity contribution is 5.76. The Bertz CT molecular complexity index is 431. The van der Waals surface area contributed by atoms with Gasteiger partial charge >= 0.3 is 12.0 Å². The molecule has 2 N–H and O–H groups in total. The summed E-state index contributed by atoms with van der Waals surface area (Å²) in [5.41, 5.74) is -0.605. The maximum atomic E-state index is 12.4. The van der Waals surface area contributed by atoms with Gasteiger partial charge in [0.25, 0.3) is 0 Å². The molecule has 1 aliphatic carbocycles. The van der Waals surface area contributed by atoms with Crippen LogP contribution >= 0.6 is 0 Å². The van der Waals surface area contributed by atoms with Gasteiger partial charge in [0.2, 0.25) is 0 Å². The Balaban J connectivity index is 1.88. The Hall–Kier alpha value is -1.26. The summed E-state index contributed by atoms with van der Waals surface area (Å²) in [5, 5.41) is 12.0. The van der Waals surface area contributed by atoms with Gasteiger partial charge in [-0.15, -0.1) is 0 Å². The van der Waals surface area contributed by atoms with Crippen molar-refractivity contribution in [2.24, 2.45) is 16.7 Å². The zero-order chi connectivity index (χ0) is 15.8. The van der Waals surface area contributed by atoms with Gasteiger partial charge in [0, 0.05) is 19.1 Å². The zero-order valence-corrected chi connectivity index (χ0v) is 13.6. The van der Waals surface area contributed by atoms with E-state index < -0.39 is 11.4 Å². The van der Waals surface area contributed by atoms with Crippen LogP contribution in [0.25, 0.3) is 0 Å². The molecule has 2 atom stereocenters. The first-order chi connectivity index (χ1) is 9.65. The van der Waals surface area contributed by atoms with Crippen molar-refractivity contribution in [3.63, 3.8) is 0 Å². The van der Waals surface area contributed by atoms with Crippen molar-refractivity contribution in [2.45, 2.75) is 59.4 Å². The lowest BCUT2D eigenvalue weighted by molar-refractivity contribution is -0.147. The number of carboxylic acids is 1. The third-order valence-corrected chi connectivity index (χ3v) is 5.33. The van der Waals surface area contributed by atoms with Crippen molar-refractivity contribution >= 4 is 12.0 Å². The molecule has 0 radical (unpaired) electrons. The van der Waals surface area contributed by atoms with E-state index in [9.17, 15) is 9.59 Å². The van der Waals surface area contributed by atoms with E-state index in [2.05, 4.69) is 19.2 Å². The maximum absolute atomic E-state index is 12.4. The molecule has 2 rings (SSSR count). The first-order valence-corrected chi connectivity index (χ1v) is 7.93. The average Bonchev–Trinajstić information content (AvgIpc) is 2.92. The predicted molar refractivity (Wildman–Crippen MR) is 81.0 cm³/mol. The molecule has 21 heavy (non-hydrogen) atoms. The quantitative estimate of drug-likeness (QED) is 0.838. The molecule has 2 amide bonds. The van der Waals surface area contributed by atoms with E-state index in [1.165, 1.54) is 12.8 Å². The number of hydrogen-bond acceptors (Lipinski definition) is 2. The second-order valence-electron chi connectivity index (χ2n) is 7.89. The van der Waals surface area contributed by atoms with Gasteiger partial charge in [-0.05, 0) is 44.4 Å². The number of rotatable bonds is 4. The molecule has 5 heteroatoms. The van der Waals surface area contributed by atoms with E-state index in [1.54, 1.807) is 13.8 Å². The SMILES string of the molecule is CC(C)(CCNC(=O)N1CC(C)(C)C2CCCC21)C(=O)O. The number of hydrogen-bond donors (Lipinski definition) is 2. The van der Waals surface area contributed by atoms with Crippen LogP contribution in [-0.2, 0) is 4.79 Å². The molecular weight excluding hydrogens is 268 g/mol. The Morgan fingerprint density at radius 2 is 2.00 bits per heavy atom. The van der Waals surface area contributed by atoms with E-state index in [1.807, 2.05) is 4.90 Å². The minimum absolute atomic E-state index is 0.0290. The number of amides is 2. The molecule has 0 bridgehead atoms. The lowest BCUT2D eigenvalue weighted by Gasteiger charge is -2.25. The number of likely N-dealkylation sites (tertiary alicyclic amines) is 1. The topological polar surface area (TPSA) is 69.6 Å². The van der Waals surface area contributed by atoms with Gasteiger partial charge < -0.3 is 15.3 Å². The molecule has 120 valence electrons. The van der Waals surface area contributed by atoms with E-state index in [4.69, 9.17) is 5.11 Å². The van der Waals surface area contributed by atoms with Crippen molar-refractivity contribution in [3.05, 3.63) is 0 Å². The van der Waals surface area contributed by atoms with Crippen LogP contribution in [0.4, 0.5) is 4.79 Å². The van der Waals surface area contributed by atoms with E-state index >= 15 is 0 Å². The van der Waals surface area contributed by atoms with Gasteiger partial charge in [-0.25, -0.2) is 4.79 Å². The van der Waals surface area contributed by atoms with Gasteiger partial charge in [0.05, 0.1) is 5.41 Å². The van der Waals surface area contributed by atoms with Crippen molar-refractivity contribution in [3.8, 4) is 0 Å². The highest BCUT2D eigenvalue weighted by Gasteiger charge is 2.50. The highest BCUT2D eigenvalue weighted by Crippen LogP contribution is 2.48. The largest absolute Gasteiger partial charge is 0.481 e. The summed E-state index contributed by atoms with van der Waals surface area (Å²) in [6, 6.07) is 0.339. The Kier molecular flexibility index (Phi) is 4.22. The van der Waals surface area contributed by atoms with Crippen LogP contribution in [0.5, 0.6) is 0 Å². The maximum Gasteiger partial charge on any atom is 0.317 e. The minimum atomic E-state index is -0.824. The van der Waals surface area contributed by atoms with Crippen molar-refractivity contribution < 1.29 is 14.7 Å². The molecular formula is C16H28N2O3. The van der Waals surface area contributed by atoms with Gasteiger partial charge in [-0.3, -0.25) is 4.79 Å². The molecule has 1 saturated carbocycles. The summed E-state index contributed by atoms with van der Waals surface area (Å²) in [6.45, 7) is 9.08. The van der Waals surface area contributed by atoms with Crippen LogP contribution in [0.15, 0.2) is 0 Å². The molecule has 2 fully saturated rings. The number of carboxylic acid groups (broad SMARTS) is 1. The second kappa shape index (κ2) is 5.50. The molecule has 1 aliphatic heterocycles. The monoisotopic (exact) mass is 296 g/mol. The van der Waals surface area contributed by atoms with Crippen LogP contribution in [0.3, 0.4) is 0 Å². The fourth-order valence-corrected chi connectivity index (χ4v) is 3.81. The molecule has 5 nitrogen and oxygen atoms in total. The first kappa shape index (κ1) is 16.1. The van der Waals surface area contributed by atoms with E-state index in [0.717, 1.165) is 13.0 Å². The predicted octanol–water partition coefficient (Wildman–Crippen LogP) is 2.71. The Morgan fingerprint density at radius 1 is 1.33 bits per heavy atom. The molecule has 2 aliphatic rings. The summed E-state index contributed by atoms with van der Waals surface area (Å²) >= 11 is 0. The fourth-order valence-electron chi connectivity index (χ4n) is 3.81. The summed E-state index contributed by atoms with van der Waals surface area (Å²) < 4.78 is 0. The second-order valence-corrected chi connectivity index (χ2v) is 7.89. The van der Waals surface area contributed by atoms with Crippen LogP contribution in [0.1, 0.15) is 53.4 Å². The molecule has 0 spiro atoms. The summed E-state index contributed by atoms with van der Waals surface area (Å²) in [7, 11) is 0. The fraction of sp³-hybridized carbons (Fsp3) is 0.875. The molecule has 1 saturated heterocycles. The Labute approximate surface area is 127 Å². The minimum Gasteiger partial charge on any atom is -0.481 e. The molecule has 1 heterocycles. The van der Waals surface area contributed by atoms with Crippen molar-refractivity contribution in [1.82, 2.24) is 10.2 Å². The van der Waals surface area contributed by atoms with Crippen LogP contribution in [0, 0.1) is 16.7 Å². The molecule has 0 aromatic heterocycles. The normalized spacial score (nSPS) is 27.5. The number of carbonyl (C=O) groups excluding carboxylic acids is 1. The number of fused-ring (bicyclic) bond motifs is 1. The van der Waals surface area contributed by atoms with Crippen LogP contribution in [0.2, 0.25) is 0 Å². The summed E-state index contributed by atoms with van der Waals surface area (Å²) in [4.78, 5) is 25.4. The molecule has 0 aromatic rings. The third-order valence-electron chi connectivity index (χ3n) is 5.33. The number of nitrogens with one attached hydrogen (secondary N) is 1. The number of urea groups is 1. The van der Waals surface area contributed by atoms with Crippen molar-refractivity contribution in [2.75, 3.05) is 13.1 Å². The number of aliphatic carboxylic acids is 1. The van der Waals surface area contributed by atoms with Crippen LogP contribution < -0.4 is 5.32 Å². The standard InChI is InChI=1S/C16H28N2O3/c1-15(2,13(19)20)8-9-17-14(21)18-10-16(3,4)11-6-5-7-12(11)18/h11-12H,5-10H2,1-4H3,(H,17,21)(H,19,20). The first-order valence-electron chi connectivity index (χ1n) is 7.93. The van der Waals surface area contributed by atoms with E-state index in [-0.39, 0.29) is 11.4 Å². The summed E-state index contributed by atoms with van der Waals surface area (Å²) in [5.74, 6) is -0.214. The van der Waals surface area contributed by atoms with Gasteiger partial charge in [-0.2, -0.15) is 0 Å². The molecule has 0 aromatic carbocycles. The third kappa shape index (κ3) is 3.16. The van der Waals surface area contributed by atoms with Gasteiger partial charge in [0.1, 0.15) is 0 Å². The highest BCUT2D eigenvalue weighted by atomic mass is 16.4. The van der Waals surface area contributed by atoms with Crippen molar-refractivity contribution in [1.29, 1.82) is 0 Å². The zero-order valence-electron chi connectivity index (χ0n) is 13.6. The number of carbonyl (C=O) groups is 2. The smallest absolute Gasteiger partial charge is 0.317 e. The lowest BCUT2D eigenvalue weighted by Crippen LogP contribution is -2.44. The van der Waals surface area contributed by atoms with Gasteiger partial charge in [-0.1, -0.05) is 20.3 Å².